The molecule has 0 saturated heterocycles. The van der Waals surface area contributed by atoms with Crippen LogP contribution in [0.25, 0.3) is 10.9 Å². The predicted molar refractivity (Wildman–Crippen MR) is 100 cm³/mol. The summed E-state index contributed by atoms with van der Waals surface area (Å²) in [7, 11) is 0. The molecule has 150 valence electrons. The number of aliphatic carboxylic acids is 1. The summed E-state index contributed by atoms with van der Waals surface area (Å²) in [5.74, 6) is -2.77. The second-order valence-corrected chi connectivity index (χ2v) is 6.19. The summed E-state index contributed by atoms with van der Waals surface area (Å²) in [6.07, 6.45) is 3.17. The van der Waals surface area contributed by atoms with Gasteiger partial charge in [-0.15, -0.1) is 6.58 Å². The maximum absolute atomic E-state index is 13.3. The van der Waals surface area contributed by atoms with Crippen LogP contribution in [0.3, 0.4) is 0 Å². The molecule has 0 fully saturated rings. The molecule has 2 aromatic rings. The van der Waals surface area contributed by atoms with Crippen LogP contribution in [0.5, 0.6) is 0 Å². The molecule has 2 rings (SSSR count). The molecule has 1 aromatic carbocycles. The van der Waals surface area contributed by atoms with Crippen LogP contribution in [-0.2, 0) is 25.5 Å². The average molecular weight is 391 g/mol. The topological polar surface area (TPSA) is 121 Å². The van der Waals surface area contributed by atoms with Gasteiger partial charge < -0.3 is 25.5 Å². The number of benzene rings is 1. The van der Waals surface area contributed by atoms with Crippen molar-refractivity contribution in [2.45, 2.75) is 25.4 Å². The summed E-state index contributed by atoms with van der Waals surface area (Å²) in [4.78, 5) is 38.4. The zero-order valence-corrected chi connectivity index (χ0v) is 15.3. The smallest absolute Gasteiger partial charge is 0.328 e. The van der Waals surface area contributed by atoms with Crippen LogP contribution in [0.2, 0.25) is 0 Å². The van der Waals surface area contributed by atoms with Crippen molar-refractivity contribution >= 4 is 28.7 Å². The van der Waals surface area contributed by atoms with Gasteiger partial charge in [0.15, 0.2) is 6.04 Å². The Balaban J connectivity index is 2.16. The number of carboxylic acid groups (broad SMARTS) is 1. The Morgan fingerprint density at radius 1 is 1.32 bits per heavy atom. The van der Waals surface area contributed by atoms with Crippen LogP contribution < -0.4 is 10.6 Å². The van der Waals surface area contributed by atoms with Crippen molar-refractivity contribution in [2.24, 2.45) is 0 Å². The number of halogens is 1. The van der Waals surface area contributed by atoms with Gasteiger partial charge in [-0.2, -0.15) is 0 Å². The number of hydrogen-bond acceptors (Lipinski definition) is 4. The minimum atomic E-state index is -1.28. The van der Waals surface area contributed by atoms with Gasteiger partial charge in [0, 0.05) is 30.4 Å². The molecule has 1 aromatic heterocycles. The van der Waals surface area contributed by atoms with Crippen molar-refractivity contribution in [1.82, 2.24) is 15.6 Å². The summed E-state index contributed by atoms with van der Waals surface area (Å²) in [5.41, 5.74) is 1.23. The Morgan fingerprint density at radius 2 is 2.07 bits per heavy atom. The lowest BCUT2D eigenvalue weighted by Gasteiger charge is -2.21. The molecule has 4 N–H and O–H groups in total. The quantitative estimate of drug-likeness (QED) is 0.357. The lowest BCUT2D eigenvalue weighted by atomic mass is 10.0. The van der Waals surface area contributed by atoms with Gasteiger partial charge in [0.2, 0.25) is 11.8 Å². The Kier molecular flexibility index (Phi) is 7.28. The molecule has 0 aliphatic carbocycles. The van der Waals surface area contributed by atoms with Crippen molar-refractivity contribution in [1.29, 1.82) is 0 Å². The van der Waals surface area contributed by atoms with E-state index in [-0.39, 0.29) is 19.6 Å². The Bertz CT molecular complexity index is 880. The molecule has 0 saturated carbocycles. The first-order chi connectivity index (χ1) is 13.3. The number of hydrogen-bond donors (Lipinski definition) is 4. The Morgan fingerprint density at radius 3 is 2.71 bits per heavy atom. The number of H-pyrrole nitrogens is 1. The normalized spacial score (nSPS) is 12.9. The maximum Gasteiger partial charge on any atom is 0.328 e. The highest BCUT2D eigenvalue weighted by molar-refractivity contribution is 5.91. The van der Waals surface area contributed by atoms with Gasteiger partial charge in [-0.1, -0.05) is 6.08 Å². The first kappa shape index (κ1) is 21.1. The average Bonchev–Trinajstić information content (AvgIpc) is 3.01. The standard InChI is InChI=1S/C19H22FN3O5/c1-3-6-28-10-17(19(26)27)23-18(25)16(22-11(2)24)7-12-9-21-15-8-13(20)4-5-14(12)15/h3-5,8-9,16-17,21H,1,6-7,10H2,2H3,(H,22,24)(H,23,25)(H,26,27). The summed E-state index contributed by atoms with van der Waals surface area (Å²) in [6, 6.07) is 1.90. The Hall–Kier alpha value is -3.20. The highest BCUT2D eigenvalue weighted by atomic mass is 19.1. The number of carbonyl (C=O) groups excluding carboxylic acids is 2. The number of carbonyl (C=O) groups is 3. The summed E-state index contributed by atoms with van der Waals surface area (Å²) in [6.45, 7) is 4.62. The number of amides is 2. The van der Waals surface area contributed by atoms with Crippen LogP contribution in [0.4, 0.5) is 4.39 Å². The fraction of sp³-hybridized carbons (Fsp3) is 0.316. The first-order valence-electron chi connectivity index (χ1n) is 8.56. The van der Waals surface area contributed by atoms with Crippen LogP contribution >= 0.6 is 0 Å². The van der Waals surface area contributed by atoms with Gasteiger partial charge in [0.1, 0.15) is 11.9 Å². The van der Waals surface area contributed by atoms with Crippen molar-refractivity contribution in [3.05, 3.63) is 48.4 Å². The van der Waals surface area contributed by atoms with Gasteiger partial charge in [-0.05, 0) is 23.8 Å². The minimum Gasteiger partial charge on any atom is -0.480 e. The largest absolute Gasteiger partial charge is 0.480 e. The number of ether oxygens (including phenoxy) is 1. The number of nitrogens with one attached hydrogen (secondary N) is 3. The number of aromatic amines is 1. The van der Waals surface area contributed by atoms with Crippen molar-refractivity contribution < 1.29 is 28.6 Å². The van der Waals surface area contributed by atoms with E-state index in [4.69, 9.17) is 4.74 Å². The summed E-state index contributed by atoms with van der Waals surface area (Å²) < 4.78 is 18.4. The maximum atomic E-state index is 13.3. The number of fused-ring (bicyclic) bond motifs is 1. The first-order valence-corrected chi connectivity index (χ1v) is 8.56. The van der Waals surface area contributed by atoms with Crippen LogP contribution in [0.15, 0.2) is 37.1 Å². The van der Waals surface area contributed by atoms with E-state index >= 15 is 0 Å². The van der Waals surface area contributed by atoms with E-state index in [9.17, 15) is 23.9 Å². The number of rotatable bonds is 10. The molecule has 2 amide bonds. The molecule has 9 heteroatoms. The van der Waals surface area contributed by atoms with E-state index in [1.807, 2.05) is 0 Å². The van der Waals surface area contributed by atoms with E-state index < -0.39 is 35.7 Å². The van der Waals surface area contributed by atoms with Gasteiger partial charge in [0.25, 0.3) is 0 Å². The highest BCUT2D eigenvalue weighted by Gasteiger charge is 2.27. The second kappa shape index (κ2) is 9.65. The third-order valence-electron chi connectivity index (χ3n) is 3.98. The molecular weight excluding hydrogens is 369 g/mol. The lowest BCUT2D eigenvalue weighted by Crippen LogP contribution is -2.53. The molecular formula is C19H22FN3O5. The monoisotopic (exact) mass is 391 g/mol. The van der Waals surface area contributed by atoms with Gasteiger partial charge in [0.05, 0.1) is 13.2 Å². The highest BCUT2D eigenvalue weighted by Crippen LogP contribution is 2.20. The van der Waals surface area contributed by atoms with Crippen molar-refractivity contribution in [3.63, 3.8) is 0 Å². The third-order valence-corrected chi connectivity index (χ3v) is 3.98. The lowest BCUT2D eigenvalue weighted by molar-refractivity contribution is -0.143. The SMILES string of the molecule is C=CCOCC(NC(=O)C(Cc1c[nH]c2cc(F)ccc12)NC(C)=O)C(=O)O. The van der Waals surface area contributed by atoms with Gasteiger partial charge in [-0.3, -0.25) is 9.59 Å². The molecule has 0 aliphatic heterocycles. The molecule has 0 aliphatic rings. The fourth-order valence-electron chi connectivity index (χ4n) is 2.72. The molecule has 0 bridgehead atoms. The molecule has 2 atom stereocenters. The Labute approximate surface area is 160 Å². The van der Waals surface area contributed by atoms with Gasteiger partial charge in [-0.25, -0.2) is 9.18 Å². The van der Waals surface area contributed by atoms with E-state index in [0.717, 1.165) is 0 Å². The summed E-state index contributed by atoms with van der Waals surface area (Å²) >= 11 is 0. The van der Waals surface area contributed by atoms with E-state index in [0.29, 0.717) is 16.5 Å². The fourth-order valence-corrected chi connectivity index (χ4v) is 2.72. The molecule has 0 spiro atoms. The van der Waals surface area contributed by atoms with E-state index in [1.165, 1.54) is 25.1 Å². The summed E-state index contributed by atoms with van der Waals surface area (Å²) in [5, 5.41) is 14.8. The predicted octanol–water partition coefficient (Wildman–Crippen LogP) is 1.13. The zero-order valence-electron chi connectivity index (χ0n) is 15.3. The minimum absolute atomic E-state index is 0.0941. The molecule has 1 heterocycles. The van der Waals surface area contributed by atoms with E-state index in [2.05, 4.69) is 22.2 Å². The van der Waals surface area contributed by atoms with Gasteiger partial charge >= 0.3 is 5.97 Å². The molecule has 8 nitrogen and oxygen atoms in total. The van der Waals surface area contributed by atoms with Crippen molar-refractivity contribution in [2.75, 3.05) is 13.2 Å². The number of aromatic nitrogens is 1. The molecule has 2 unspecified atom stereocenters. The zero-order chi connectivity index (χ0) is 20.7. The second-order valence-electron chi connectivity index (χ2n) is 6.19. The molecule has 0 radical (unpaired) electrons. The van der Waals surface area contributed by atoms with Crippen LogP contribution in [0, 0.1) is 5.82 Å². The number of carboxylic acids is 1. The third kappa shape index (κ3) is 5.65. The van der Waals surface area contributed by atoms with Crippen molar-refractivity contribution in [3.8, 4) is 0 Å². The molecule has 28 heavy (non-hydrogen) atoms. The van der Waals surface area contributed by atoms with Crippen LogP contribution in [-0.4, -0.2) is 53.2 Å². The van der Waals surface area contributed by atoms with Crippen LogP contribution in [0.1, 0.15) is 12.5 Å². The van der Waals surface area contributed by atoms with E-state index in [1.54, 1.807) is 12.3 Å².